The summed E-state index contributed by atoms with van der Waals surface area (Å²) in [5, 5.41) is 12.1. The van der Waals surface area contributed by atoms with E-state index in [0.29, 0.717) is 22.8 Å². The summed E-state index contributed by atoms with van der Waals surface area (Å²) >= 11 is 6.04. The van der Waals surface area contributed by atoms with Crippen molar-refractivity contribution in [2.45, 2.75) is 6.54 Å². The normalized spacial score (nSPS) is 10.1. The number of aromatic nitrogens is 2. The zero-order chi connectivity index (χ0) is 16.1. The largest absolute Gasteiger partial charge is 0.345 e. The molecule has 1 aromatic heterocycles. The Bertz CT molecular complexity index is 670. The summed E-state index contributed by atoms with van der Waals surface area (Å²) in [4.78, 5) is 25.2. The summed E-state index contributed by atoms with van der Waals surface area (Å²) < 4.78 is 0. The molecular formula is C14H16ClN5O2. The van der Waals surface area contributed by atoms with Crippen LogP contribution >= 0.6 is 11.6 Å². The number of rotatable bonds is 4. The van der Waals surface area contributed by atoms with Crippen molar-refractivity contribution in [3.8, 4) is 0 Å². The summed E-state index contributed by atoms with van der Waals surface area (Å²) in [6, 6.07) is 4.31. The summed E-state index contributed by atoms with van der Waals surface area (Å²) in [6.07, 6.45) is 3.30. The minimum atomic E-state index is -0.419. The molecule has 2 aromatic rings. The zero-order valence-electron chi connectivity index (χ0n) is 12.2. The number of carbonyl (C=O) groups is 2. The Hall–Kier alpha value is -2.54. The molecule has 0 bridgehead atoms. The maximum atomic E-state index is 11.9. The van der Waals surface area contributed by atoms with Gasteiger partial charge in [-0.3, -0.25) is 9.89 Å². The first-order valence-electron chi connectivity index (χ1n) is 6.51. The molecule has 7 nitrogen and oxygen atoms in total. The molecule has 0 saturated carbocycles. The second-order valence-corrected chi connectivity index (χ2v) is 5.22. The van der Waals surface area contributed by atoms with Crippen LogP contribution in [-0.4, -0.2) is 41.1 Å². The summed E-state index contributed by atoms with van der Waals surface area (Å²) in [7, 11) is 3.31. The van der Waals surface area contributed by atoms with Gasteiger partial charge in [-0.15, -0.1) is 0 Å². The predicted octanol–water partition coefficient (Wildman–Crippen LogP) is 2.09. The topological polar surface area (TPSA) is 90.1 Å². The number of carbonyl (C=O) groups excluding carboxylic acids is 2. The number of halogens is 1. The highest BCUT2D eigenvalue weighted by atomic mass is 35.5. The number of nitrogens with one attached hydrogen (secondary N) is 3. The Morgan fingerprint density at radius 3 is 2.77 bits per heavy atom. The lowest BCUT2D eigenvalue weighted by atomic mass is 10.2. The van der Waals surface area contributed by atoms with E-state index >= 15 is 0 Å². The van der Waals surface area contributed by atoms with E-state index < -0.39 is 6.03 Å². The number of nitrogens with zero attached hydrogens (tertiary/aromatic N) is 2. The maximum absolute atomic E-state index is 11.9. The van der Waals surface area contributed by atoms with E-state index in [1.54, 1.807) is 44.7 Å². The molecule has 0 radical (unpaired) electrons. The zero-order valence-corrected chi connectivity index (χ0v) is 12.9. The average Bonchev–Trinajstić information content (AvgIpc) is 3.00. The first-order chi connectivity index (χ1) is 10.5. The summed E-state index contributed by atoms with van der Waals surface area (Å²) in [5.41, 5.74) is 1.66. The van der Waals surface area contributed by atoms with Crippen molar-refractivity contribution >= 4 is 29.2 Å². The lowest BCUT2D eigenvalue weighted by molar-refractivity contribution is 0.0827. The molecule has 0 spiro atoms. The molecule has 0 fully saturated rings. The predicted molar refractivity (Wildman–Crippen MR) is 83.9 cm³/mol. The number of anilines is 1. The molecule has 22 heavy (non-hydrogen) atoms. The van der Waals surface area contributed by atoms with Crippen molar-refractivity contribution in [1.82, 2.24) is 20.4 Å². The van der Waals surface area contributed by atoms with Crippen molar-refractivity contribution in [3.05, 3.63) is 46.7 Å². The second kappa shape index (κ2) is 6.95. The molecule has 116 valence electrons. The highest BCUT2D eigenvalue weighted by molar-refractivity contribution is 6.33. The van der Waals surface area contributed by atoms with Crippen LogP contribution in [0.25, 0.3) is 0 Å². The van der Waals surface area contributed by atoms with E-state index in [1.807, 2.05) is 0 Å². The van der Waals surface area contributed by atoms with E-state index in [9.17, 15) is 9.59 Å². The maximum Gasteiger partial charge on any atom is 0.319 e. The third-order valence-electron chi connectivity index (χ3n) is 2.88. The van der Waals surface area contributed by atoms with Crippen LogP contribution in [0.2, 0.25) is 5.02 Å². The van der Waals surface area contributed by atoms with Gasteiger partial charge in [0.05, 0.1) is 16.9 Å². The fourth-order valence-electron chi connectivity index (χ4n) is 1.74. The average molecular weight is 322 g/mol. The van der Waals surface area contributed by atoms with Crippen LogP contribution in [0.5, 0.6) is 0 Å². The van der Waals surface area contributed by atoms with Gasteiger partial charge in [0.25, 0.3) is 5.91 Å². The lowest BCUT2D eigenvalue weighted by Crippen LogP contribution is -2.28. The summed E-state index contributed by atoms with van der Waals surface area (Å²) in [5.74, 6) is -0.168. The second-order valence-electron chi connectivity index (χ2n) is 4.81. The molecule has 8 heteroatoms. The fraction of sp³-hybridized carbons (Fsp3) is 0.214. The van der Waals surface area contributed by atoms with Crippen LogP contribution in [0, 0.1) is 0 Å². The van der Waals surface area contributed by atoms with E-state index in [1.165, 1.54) is 4.90 Å². The van der Waals surface area contributed by atoms with Gasteiger partial charge < -0.3 is 15.5 Å². The number of hydrogen-bond donors (Lipinski definition) is 3. The van der Waals surface area contributed by atoms with E-state index in [4.69, 9.17) is 11.6 Å². The van der Waals surface area contributed by atoms with E-state index in [-0.39, 0.29) is 5.91 Å². The van der Waals surface area contributed by atoms with Gasteiger partial charge >= 0.3 is 6.03 Å². The molecule has 3 N–H and O–H groups in total. The van der Waals surface area contributed by atoms with Crippen LogP contribution < -0.4 is 10.6 Å². The van der Waals surface area contributed by atoms with Crippen molar-refractivity contribution in [2.75, 3.05) is 19.4 Å². The molecule has 0 aliphatic carbocycles. The van der Waals surface area contributed by atoms with Gasteiger partial charge in [0.15, 0.2) is 0 Å². The molecule has 0 atom stereocenters. The highest BCUT2D eigenvalue weighted by Gasteiger charge is 2.12. The van der Waals surface area contributed by atoms with Crippen LogP contribution in [0.15, 0.2) is 30.6 Å². The molecule has 0 unspecified atom stereocenters. The van der Waals surface area contributed by atoms with Gasteiger partial charge in [0.2, 0.25) is 0 Å². The molecule has 2 rings (SSSR count). The number of amides is 3. The van der Waals surface area contributed by atoms with Gasteiger partial charge in [-0.2, -0.15) is 5.10 Å². The molecule has 0 aliphatic rings. The SMILES string of the molecule is CN(C)C(=O)c1ccc(Cl)c(NC(=O)NCc2cn[nH]c2)c1. The number of H-pyrrole nitrogens is 1. The van der Waals surface area contributed by atoms with Crippen molar-refractivity contribution < 1.29 is 9.59 Å². The van der Waals surface area contributed by atoms with Crippen LogP contribution in [-0.2, 0) is 6.54 Å². The number of aromatic amines is 1. The van der Waals surface area contributed by atoms with Crippen LogP contribution in [0.3, 0.4) is 0 Å². The van der Waals surface area contributed by atoms with Crippen molar-refractivity contribution in [1.29, 1.82) is 0 Å². The van der Waals surface area contributed by atoms with E-state index in [0.717, 1.165) is 5.56 Å². The number of urea groups is 1. The molecule has 1 aromatic carbocycles. The molecule has 3 amide bonds. The summed E-state index contributed by atoms with van der Waals surface area (Å²) in [6.45, 7) is 0.330. The number of hydrogen-bond acceptors (Lipinski definition) is 3. The standard InChI is InChI=1S/C14H16ClN5O2/c1-20(2)13(21)10-3-4-11(15)12(5-10)19-14(22)16-6-9-7-17-18-8-9/h3-5,7-8H,6H2,1-2H3,(H,17,18)(H2,16,19,22). The monoisotopic (exact) mass is 321 g/mol. The molecule has 1 heterocycles. The quantitative estimate of drug-likeness (QED) is 0.805. The van der Waals surface area contributed by atoms with Gasteiger partial charge in [-0.05, 0) is 18.2 Å². The van der Waals surface area contributed by atoms with Crippen molar-refractivity contribution in [2.24, 2.45) is 0 Å². The smallest absolute Gasteiger partial charge is 0.319 e. The van der Waals surface area contributed by atoms with E-state index in [2.05, 4.69) is 20.8 Å². The minimum absolute atomic E-state index is 0.168. The first-order valence-corrected chi connectivity index (χ1v) is 6.89. The van der Waals surface area contributed by atoms with Crippen LogP contribution in [0.4, 0.5) is 10.5 Å². The lowest BCUT2D eigenvalue weighted by Gasteiger charge is -2.13. The third kappa shape index (κ3) is 3.98. The Morgan fingerprint density at radius 2 is 2.14 bits per heavy atom. The van der Waals surface area contributed by atoms with Gasteiger partial charge in [-0.1, -0.05) is 11.6 Å². The Balaban J connectivity index is 2.03. The Morgan fingerprint density at radius 1 is 1.36 bits per heavy atom. The fourth-order valence-corrected chi connectivity index (χ4v) is 1.90. The van der Waals surface area contributed by atoms with Gasteiger partial charge in [-0.25, -0.2) is 4.79 Å². The number of benzene rings is 1. The highest BCUT2D eigenvalue weighted by Crippen LogP contribution is 2.23. The minimum Gasteiger partial charge on any atom is -0.345 e. The van der Waals surface area contributed by atoms with Crippen molar-refractivity contribution in [3.63, 3.8) is 0 Å². The molecular weight excluding hydrogens is 306 g/mol. The molecule has 0 saturated heterocycles. The van der Waals surface area contributed by atoms with Crippen LogP contribution in [0.1, 0.15) is 15.9 Å². The first kappa shape index (κ1) is 15.8. The third-order valence-corrected chi connectivity index (χ3v) is 3.21. The Labute approximate surface area is 132 Å². The molecule has 0 aliphatic heterocycles. The van der Waals surface area contributed by atoms with Gasteiger partial charge in [0, 0.05) is 38.0 Å². The van der Waals surface area contributed by atoms with Gasteiger partial charge in [0.1, 0.15) is 0 Å². The Kier molecular flexibility index (Phi) is 5.00.